The molecule has 8 nitrogen and oxygen atoms in total. The van der Waals surface area contributed by atoms with Crippen molar-refractivity contribution < 1.29 is 23.8 Å². The Hall–Kier alpha value is -2.88. The van der Waals surface area contributed by atoms with Crippen molar-refractivity contribution in [2.24, 2.45) is 0 Å². The fraction of sp³-hybridized carbons (Fsp3) is 0.517. The molecule has 4 rings (SSSR count). The molecule has 0 atom stereocenters. The molecule has 0 aromatic heterocycles. The summed E-state index contributed by atoms with van der Waals surface area (Å²) in [6.07, 6.45) is 7.16. The van der Waals surface area contributed by atoms with Crippen molar-refractivity contribution in [1.29, 1.82) is 0 Å². The average molecular weight is 561 g/mol. The maximum absolute atomic E-state index is 13.9. The van der Waals surface area contributed by atoms with Gasteiger partial charge in [0.1, 0.15) is 17.3 Å². The fourth-order valence-corrected chi connectivity index (χ4v) is 5.48. The summed E-state index contributed by atoms with van der Waals surface area (Å²) < 4.78 is 19.5. The second kappa shape index (κ2) is 14.5. The monoisotopic (exact) mass is 560 g/mol. The molecule has 212 valence electrons. The summed E-state index contributed by atoms with van der Waals surface area (Å²) in [7, 11) is 0. The standard InChI is InChI=1S/C29H38ClFN4O4/c30-22-7-8-24(31)21(18-22)11-14-32-15-12-27(38)35(23-4-2-1-3-5-23)17-16-33-13-10-20-6-9-25(36)28-29(20)39-19-26(37)34-28/h6-9,18,23,32-33,36H,1-5,10-17,19H2,(H,34,37). The largest absolute Gasteiger partial charge is 0.506 e. The van der Waals surface area contributed by atoms with Gasteiger partial charge in [0, 0.05) is 37.1 Å². The number of ether oxygens (including phenoxy) is 1. The Morgan fingerprint density at radius 3 is 2.59 bits per heavy atom. The van der Waals surface area contributed by atoms with E-state index in [0.29, 0.717) is 74.0 Å². The van der Waals surface area contributed by atoms with Crippen LogP contribution >= 0.6 is 11.6 Å². The van der Waals surface area contributed by atoms with Crippen LogP contribution in [0.4, 0.5) is 10.1 Å². The van der Waals surface area contributed by atoms with Crippen molar-refractivity contribution in [1.82, 2.24) is 15.5 Å². The summed E-state index contributed by atoms with van der Waals surface area (Å²) >= 11 is 5.97. The number of rotatable bonds is 13. The molecule has 1 fully saturated rings. The summed E-state index contributed by atoms with van der Waals surface area (Å²) in [5.74, 6) is 0.0917. The topological polar surface area (TPSA) is 103 Å². The zero-order valence-electron chi connectivity index (χ0n) is 22.2. The highest BCUT2D eigenvalue weighted by Gasteiger charge is 2.25. The fourth-order valence-electron chi connectivity index (χ4n) is 5.28. The molecule has 2 amide bonds. The van der Waals surface area contributed by atoms with Crippen LogP contribution in [-0.2, 0) is 22.4 Å². The van der Waals surface area contributed by atoms with Crippen molar-refractivity contribution in [3.8, 4) is 11.5 Å². The highest BCUT2D eigenvalue weighted by Crippen LogP contribution is 2.39. The number of phenolic OH excluding ortho intramolecular Hbond substituents is 1. The van der Waals surface area contributed by atoms with E-state index in [1.165, 1.54) is 18.6 Å². The van der Waals surface area contributed by atoms with Crippen molar-refractivity contribution >= 4 is 29.1 Å². The number of amides is 2. The molecule has 2 aliphatic rings. The van der Waals surface area contributed by atoms with E-state index < -0.39 is 0 Å². The number of carbonyl (C=O) groups is 2. The molecule has 1 aliphatic heterocycles. The van der Waals surface area contributed by atoms with E-state index in [0.717, 1.165) is 31.2 Å². The maximum Gasteiger partial charge on any atom is 0.262 e. The first-order valence-electron chi connectivity index (χ1n) is 13.8. The molecule has 0 unspecified atom stereocenters. The van der Waals surface area contributed by atoms with Gasteiger partial charge in [-0.2, -0.15) is 0 Å². The van der Waals surface area contributed by atoms with Gasteiger partial charge in [-0.05, 0) is 74.2 Å². The van der Waals surface area contributed by atoms with Gasteiger partial charge in [0.05, 0.1) is 0 Å². The number of fused-ring (bicyclic) bond motifs is 1. The van der Waals surface area contributed by atoms with E-state index in [9.17, 15) is 19.1 Å². The first-order valence-corrected chi connectivity index (χ1v) is 14.2. The van der Waals surface area contributed by atoms with Gasteiger partial charge in [0.15, 0.2) is 12.4 Å². The lowest BCUT2D eigenvalue weighted by Gasteiger charge is -2.34. The number of phenols is 1. The number of hydrogen-bond donors (Lipinski definition) is 4. The number of nitrogens with zero attached hydrogens (tertiary/aromatic N) is 1. The van der Waals surface area contributed by atoms with Crippen molar-refractivity contribution in [2.45, 2.75) is 57.4 Å². The van der Waals surface area contributed by atoms with Gasteiger partial charge in [0.25, 0.3) is 5.91 Å². The number of nitrogens with one attached hydrogen (secondary N) is 3. The zero-order valence-corrected chi connectivity index (χ0v) is 23.0. The van der Waals surface area contributed by atoms with Crippen LogP contribution in [0.3, 0.4) is 0 Å². The highest BCUT2D eigenvalue weighted by atomic mass is 35.5. The first kappa shape index (κ1) is 29.1. The molecule has 10 heteroatoms. The number of anilines is 1. The third-order valence-electron chi connectivity index (χ3n) is 7.36. The molecule has 1 aliphatic carbocycles. The van der Waals surface area contributed by atoms with Gasteiger partial charge in [-0.1, -0.05) is 36.9 Å². The molecule has 1 saturated carbocycles. The predicted molar refractivity (Wildman–Crippen MR) is 150 cm³/mol. The van der Waals surface area contributed by atoms with Crippen LogP contribution in [0.25, 0.3) is 0 Å². The second-order valence-corrected chi connectivity index (χ2v) is 10.6. The molecule has 39 heavy (non-hydrogen) atoms. The summed E-state index contributed by atoms with van der Waals surface area (Å²) in [6.45, 7) is 3.02. The van der Waals surface area contributed by atoms with E-state index in [1.54, 1.807) is 18.2 Å². The van der Waals surface area contributed by atoms with E-state index in [2.05, 4.69) is 16.0 Å². The van der Waals surface area contributed by atoms with Gasteiger partial charge in [0.2, 0.25) is 5.91 Å². The molecule has 0 bridgehead atoms. The van der Waals surface area contributed by atoms with Crippen molar-refractivity contribution in [2.75, 3.05) is 44.6 Å². The van der Waals surface area contributed by atoms with Gasteiger partial charge < -0.3 is 30.7 Å². The minimum Gasteiger partial charge on any atom is -0.506 e. The molecule has 1 heterocycles. The minimum absolute atomic E-state index is 0.0116. The maximum atomic E-state index is 13.9. The quantitative estimate of drug-likeness (QED) is 0.218. The lowest BCUT2D eigenvalue weighted by atomic mass is 9.94. The Kier molecular flexibility index (Phi) is 10.8. The SMILES string of the molecule is O=C1COc2c(CCNCCN(C(=O)CCNCCc3cc(Cl)ccc3F)C3CCCCC3)ccc(O)c2N1. The zero-order chi connectivity index (χ0) is 27.6. The summed E-state index contributed by atoms with van der Waals surface area (Å²) in [5, 5.41) is 19.9. The molecule has 0 spiro atoms. The highest BCUT2D eigenvalue weighted by molar-refractivity contribution is 6.30. The van der Waals surface area contributed by atoms with Gasteiger partial charge >= 0.3 is 0 Å². The molecule has 0 saturated heterocycles. The van der Waals surface area contributed by atoms with Crippen LogP contribution in [0.15, 0.2) is 30.3 Å². The van der Waals surface area contributed by atoms with Crippen molar-refractivity contribution in [3.63, 3.8) is 0 Å². The smallest absolute Gasteiger partial charge is 0.262 e. The lowest BCUT2D eigenvalue weighted by Crippen LogP contribution is -2.45. The average Bonchev–Trinajstić information content (AvgIpc) is 2.94. The Morgan fingerprint density at radius 1 is 1.05 bits per heavy atom. The van der Waals surface area contributed by atoms with Gasteiger partial charge in [-0.15, -0.1) is 0 Å². The second-order valence-electron chi connectivity index (χ2n) is 10.1. The number of halogens is 2. The molecular formula is C29H38ClFN4O4. The van der Waals surface area contributed by atoms with Crippen molar-refractivity contribution in [3.05, 3.63) is 52.3 Å². The van der Waals surface area contributed by atoms with Crippen LogP contribution in [0.5, 0.6) is 11.5 Å². The molecule has 2 aromatic rings. The normalized spacial score (nSPS) is 15.4. The Bertz CT molecular complexity index is 1140. The number of hydrogen-bond acceptors (Lipinski definition) is 6. The Labute approximate surface area is 234 Å². The third kappa shape index (κ3) is 8.30. The molecule has 0 radical (unpaired) electrons. The van der Waals surface area contributed by atoms with E-state index in [1.807, 2.05) is 4.90 Å². The van der Waals surface area contributed by atoms with Crippen LogP contribution in [0, 0.1) is 5.82 Å². The number of aromatic hydroxyl groups is 1. The molecule has 4 N–H and O–H groups in total. The van der Waals surface area contributed by atoms with E-state index in [-0.39, 0.29) is 36.0 Å². The number of carbonyl (C=O) groups excluding carboxylic acids is 2. The van der Waals surface area contributed by atoms with E-state index >= 15 is 0 Å². The molecular weight excluding hydrogens is 523 g/mol. The third-order valence-corrected chi connectivity index (χ3v) is 7.60. The number of benzene rings is 2. The Morgan fingerprint density at radius 2 is 1.79 bits per heavy atom. The minimum atomic E-state index is -0.286. The first-order chi connectivity index (χ1) is 18.9. The predicted octanol–water partition coefficient (Wildman–Crippen LogP) is 4.03. The van der Waals surface area contributed by atoms with E-state index in [4.69, 9.17) is 16.3 Å². The van der Waals surface area contributed by atoms with Crippen LogP contribution in [-0.4, -0.2) is 67.2 Å². The molecule has 2 aromatic carbocycles. The van der Waals surface area contributed by atoms with Crippen LogP contribution in [0.1, 0.15) is 49.7 Å². The van der Waals surface area contributed by atoms with Gasteiger partial charge in [-0.3, -0.25) is 9.59 Å². The summed E-state index contributed by atoms with van der Waals surface area (Å²) in [6, 6.07) is 8.20. The van der Waals surface area contributed by atoms with Gasteiger partial charge in [-0.25, -0.2) is 4.39 Å². The lowest BCUT2D eigenvalue weighted by molar-refractivity contribution is -0.134. The van der Waals surface area contributed by atoms with Crippen LogP contribution < -0.4 is 20.7 Å². The van der Waals surface area contributed by atoms with Crippen LogP contribution in [0.2, 0.25) is 5.02 Å². The summed E-state index contributed by atoms with van der Waals surface area (Å²) in [5.41, 5.74) is 1.80. The Balaban J connectivity index is 1.22. The summed E-state index contributed by atoms with van der Waals surface area (Å²) in [4.78, 5) is 26.8.